The first-order valence-corrected chi connectivity index (χ1v) is 9.91. The van der Waals surface area contributed by atoms with Crippen molar-refractivity contribution in [1.82, 2.24) is 4.72 Å². The third-order valence-electron chi connectivity index (χ3n) is 3.71. The van der Waals surface area contributed by atoms with Crippen LogP contribution in [0.15, 0.2) is 51.8 Å². The van der Waals surface area contributed by atoms with Crippen molar-refractivity contribution in [2.75, 3.05) is 5.32 Å². The van der Waals surface area contributed by atoms with Gasteiger partial charge in [-0.3, -0.25) is 14.9 Å². The van der Waals surface area contributed by atoms with Gasteiger partial charge < -0.3 is 5.32 Å². The highest BCUT2D eigenvalue weighted by Crippen LogP contribution is 2.26. The number of nitrogens with zero attached hydrogens (tertiary/aromatic N) is 1. The largest absolute Gasteiger partial charge is 0.322 e. The molecular weight excluding hydrogens is 426 g/mol. The Labute approximate surface area is 157 Å². The Morgan fingerprint density at radius 1 is 1.19 bits per heavy atom. The average Bonchev–Trinajstić information content (AvgIpc) is 3.38. The number of anilines is 1. The number of nitro benzene ring substituents is 1. The number of carbonyl (C=O) groups excluding carboxylic acids is 1. The molecule has 2 aromatic rings. The van der Waals surface area contributed by atoms with Crippen molar-refractivity contribution in [1.29, 1.82) is 0 Å². The van der Waals surface area contributed by atoms with Gasteiger partial charge in [0, 0.05) is 23.4 Å². The number of nitro groups is 1. The molecule has 1 fully saturated rings. The minimum atomic E-state index is -3.64. The highest BCUT2D eigenvalue weighted by molar-refractivity contribution is 9.10. The summed E-state index contributed by atoms with van der Waals surface area (Å²) in [5.41, 5.74) is 0.131. The fourth-order valence-electron chi connectivity index (χ4n) is 2.23. The van der Waals surface area contributed by atoms with E-state index in [2.05, 4.69) is 26.0 Å². The Morgan fingerprint density at radius 3 is 2.58 bits per heavy atom. The number of sulfonamides is 1. The molecule has 0 heterocycles. The fraction of sp³-hybridized carbons (Fsp3) is 0.188. The van der Waals surface area contributed by atoms with E-state index in [1.165, 1.54) is 30.3 Å². The molecule has 136 valence electrons. The Hall–Kier alpha value is -2.30. The van der Waals surface area contributed by atoms with Gasteiger partial charge in [0.2, 0.25) is 10.0 Å². The maximum Gasteiger partial charge on any atom is 0.284 e. The summed E-state index contributed by atoms with van der Waals surface area (Å²) in [6.45, 7) is 0. The molecule has 1 aliphatic rings. The maximum atomic E-state index is 12.3. The fourth-order valence-corrected chi connectivity index (χ4v) is 3.97. The first-order chi connectivity index (χ1) is 12.3. The zero-order valence-corrected chi connectivity index (χ0v) is 15.7. The van der Waals surface area contributed by atoms with Gasteiger partial charge in [0.1, 0.15) is 0 Å². The molecule has 2 aromatic carbocycles. The zero-order chi connectivity index (χ0) is 18.9. The summed E-state index contributed by atoms with van der Waals surface area (Å²) in [4.78, 5) is 22.8. The Morgan fingerprint density at radius 2 is 1.92 bits per heavy atom. The minimum Gasteiger partial charge on any atom is -0.322 e. The van der Waals surface area contributed by atoms with Crippen LogP contribution in [0, 0.1) is 10.1 Å². The predicted molar refractivity (Wildman–Crippen MR) is 98.5 cm³/mol. The summed E-state index contributed by atoms with van der Waals surface area (Å²) in [6.07, 6.45) is 1.63. The SMILES string of the molecule is O=C(Nc1cccc(S(=O)(=O)NC2CC2)c1)c1ccc(Br)c([N+](=O)[O-])c1. The molecule has 1 saturated carbocycles. The van der Waals surface area contributed by atoms with Crippen molar-refractivity contribution in [3.63, 3.8) is 0 Å². The molecule has 0 aliphatic heterocycles. The van der Waals surface area contributed by atoms with E-state index in [1.54, 1.807) is 6.07 Å². The molecule has 2 N–H and O–H groups in total. The molecule has 1 aliphatic carbocycles. The number of benzene rings is 2. The van der Waals surface area contributed by atoms with Gasteiger partial charge in [0.05, 0.1) is 14.3 Å². The van der Waals surface area contributed by atoms with Crippen LogP contribution < -0.4 is 10.0 Å². The third kappa shape index (κ3) is 4.26. The number of halogens is 1. The third-order valence-corrected chi connectivity index (χ3v) is 5.90. The van der Waals surface area contributed by atoms with Crippen LogP contribution in [-0.2, 0) is 10.0 Å². The van der Waals surface area contributed by atoms with E-state index in [0.717, 1.165) is 18.9 Å². The van der Waals surface area contributed by atoms with Gasteiger partial charge in [0.25, 0.3) is 11.6 Å². The number of amides is 1. The molecule has 0 aromatic heterocycles. The van der Waals surface area contributed by atoms with Crippen LogP contribution in [0.2, 0.25) is 0 Å². The molecule has 0 radical (unpaired) electrons. The van der Waals surface area contributed by atoms with Gasteiger partial charge in [-0.15, -0.1) is 0 Å². The Bertz CT molecular complexity index is 989. The number of nitrogens with one attached hydrogen (secondary N) is 2. The van der Waals surface area contributed by atoms with Crippen LogP contribution >= 0.6 is 15.9 Å². The van der Waals surface area contributed by atoms with Crippen molar-refractivity contribution in [2.24, 2.45) is 0 Å². The van der Waals surface area contributed by atoms with E-state index in [0.29, 0.717) is 0 Å². The molecule has 26 heavy (non-hydrogen) atoms. The molecular formula is C16H14BrN3O5S. The summed E-state index contributed by atoms with van der Waals surface area (Å²) < 4.78 is 27.3. The van der Waals surface area contributed by atoms with Gasteiger partial charge in [-0.05, 0) is 59.1 Å². The Kier molecular flexibility index (Phi) is 5.08. The minimum absolute atomic E-state index is 0.0263. The molecule has 0 atom stereocenters. The summed E-state index contributed by atoms with van der Waals surface area (Å²) in [5, 5.41) is 13.5. The van der Waals surface area contributed by atoms with Gasteiger partial charge in [-0.2, -0.15) is 0 Å². The van der Waals surface area contributed by atoms with Crippen LogP contribution in [0.3, 0.4) is 0 Å². The first-order valence-electron chi connectivity index (χ1n) is 7.64. The average molecular weight is 440 g/mol. The van der Waals surface area contributed by atoms with Crippen LogP contribution in [-0.4, -0.2) is 25.3 Å². The topological polar surface area (TPSA) is 118 Å². The lowest BCUT2D eigenvalue weighted by atomic mass is 10.2. The molecule has 0 bridgehead atoms. The Balaban J connectivity index is 1.81. The molecule has 8 nitrogen and oxygen atoms in total. The van der Waals surface area contributed by atoms with Gasteiger partial charge in [-0.25, -0.2) is 13.1 Å². The van der Waals surface area contributed by atoms with Crippen molar-refractivity contribution < 1.29 is 18.1 Å². The van der Waals surface area contributed by atoms with Gasteiger partial charge >= 0.3 is 0 Å². The molecule has 0 spiro atoms. The summed E-state index contributed by atoms with van der Waals surface area (Å²) in [6, 6.07) is 9.80. The quantitative estimate of drug-likeness (QED) is 0.529. The van der Waals surface area contributed by atoms with Gasteiger partial charge in [-0.1, -0.05) is 6.07 Å². The maximum absolute atomic E-state index is 12.3. The number of hydrogen-bond acceptors (Lipinski definition) is 5. The lowest BCUT2D eigenvalue weighted by molar-refractivity contribution is -0.385. The highest BCUT2D eigenvalue weighted by atomic mass is 79.9. The summed E-state index contributed by atoms with van der Waals surface area (Å²) in [7, 11) is -3.64. The van der Waals surface area contributed by atoms with E-state index in [1.807, 2.05) is 0 Å². The van der Waals surface area contributed by atoms with Crippen molar-refractivity contribution in [3.8, 4) is 0 Å². The number of rotatable bonds is 6. The lowest BCUT2D eigenvalue weighted by Gasteiger charge is -2.09. The van der Waals surface area contributed by atoms with E-state index >= 15 is 0 Å². The zero-order valence-electron chi connectivity index (χ0n) is 13.3. The number of carbonyl (C=O) groups is 1. The predicted octanol–water partition coefficient (Wildman–Crippen LogP) is 3.05. The smallest absolute Gasteiger partial charge is 0.284 e. The van der Waals surface area contributed by atoms with Crippen molar-refractivity contribution >= 4 is 43.2 Å². The normalized spacial score (nSPS) is 14.0. The van der Waals surface area contributed by atoms with Crippen LogP contribution in [0.4, 0.5) is 11.4 Å². The van der Waals surface area contributed by atoms with Crippen molar-refractivity contribution in [3.05, 3.63) is 62.6 Å². The first kappa shape index (κ1) is 18.5. The van der Waals surface area contributed by atoms with E-state index in [9.17, 15) is 23.3 Å². The standard InChI is InChI=1S/C16H14BrN3O5S/c17-14-7-4-10(8-15(14)20(22)23)16(21)18-12-2-1-3-13(9-12)26(24,25)19-11-5-6-11/h1-4,7-9,11,19H,5-6H2,(H,18,21). The van der Waals surface area contributed by atoms with Crippen LogP contribution in [0.25, 0.3) is 0 Å². The van der Waals surface area contributed by atoms with E-state index in [4.69, 9.17) is 0 Å². The second kappa shape index (κ2) is 7.14. The molecule has 1 amide bonds. The molecule has 0 saturated heterocycles. The second-order valence-electron chi connectivity index (χ2n) is 5.80. The summed E-state index contributed by atoms with van der Waals surface area (Å²) in [5.74, 6) is -0.578. The molecule has 3 rings (SSSR count). The van der Waals surface area contributed by atoms with Crippen LogP contribution in [0.5, 0.6) is 0 Å². The lowest BCUT2D eigenvalue weighted by Crippen LogP contribution is -2.25. The van der Waals surface area contributed by atoms with E-state index < -0.39 is 20.9 Å². The van der Waals surface area contributed by atoms with Gasteiger partial charge in [0.15, 0.2) is 0 Å². The monoisotopic (exact) mass is 439 g/mol. The van der Waals surface area contributed by atoms with Crippen molar-refractivity contribution in [2.45, 2.75) is 23.8 Å². The second-order valence-corrected chi connectivity index (χ2v) is 8.37. The highest BCUT2D eigenvalue weighted by Gasteiger charge is 2.28. The summed E-state index contributed by atoms with van der Waals surface area (Å²) >= 11 is 3.06. The number of hydrogen-bond donors (Lipinski definition) is 2. The van der Waals surface area contributed by atoms with Crippen LogP contribution in [0.1, 0.15) is 23.2 Å². The molecule has 0 unspecified atom stereocenters. The molecule has 10 heteroatoms. The van der Waals surface area contributed by atoms with E-state index in [-0.39, 0.29) is 32.3 Å².